The number of phosphoric ester groups is 2. The smallest absolute Gasteiger partial charge is 0.480 e. The highest BCUT2D eigenvalue weighted by Crippen LogP contribution is 2.61. The molecule has 0 saturated carbocycles. The van der Waals surface area contributed by atoms with Crippen molar-refractivity contribution < 1.29 is 111 Å². The van der Waals surface area contributed by atoms with Gasteiger partial charge in [-0.25, -0.2) is 18.7 Å². The number of ether oxygens (including phenoxy) is 3. The number of aliphatic hydroxyl groups excluding tert-OH is 4. The summed E-state index contributed by atoms with van der Waals surface area (Å²) in [5, 5.41) is 72.0. The number of nitrogens with one attached hydrogen (secondary N) is 6. The highest BCUT2D eigenvalue weighted by atomic mass is 31.3. The Morgan fingerprint density at radius 2 is 1.47 bits per heavy atom. The third kappa shape index (κ3) is 18.1. The van der Waals surface area contributed by atoms with Crippen molar-refractivity contribution in [1.82, 2.24) is 36.1 Å². The predicted molar refractivity (Wildman–Crippen MR) is 235 cm³/mol. The molecule has 0 aliphatic carbocycles. The highest BCUT2D eigenvalue weighted by Gasteiger charge is 2.52. The molecule has 1 aromatic heterocycles. The minimum atomic E-state index is -5.93. The lowest BCUT2D eigenvalue weighted by Crippen LogP contribution is -2.66. The second kappa shape index (κ2) is 27.3. The summed E-state index contributed by atoms with van der Waals surface area (Å²) >= 11 is 0. The molecule has 3 heterocycles. The molecule has 2 fully saturated rings. The first-order valence-electron chi connectivity index (χ1n) is 21.8. The summed E-state index contributed by atoms with van der Waals surface area (Å²) in [7, 11) is -11.7. The summed E-state index contributed by atoms with van der Waals surface area (Å²) in [5.74, 6) is -7.75. The van der Waals surface area contributed by atoms with Crippen LogP contribution in [0.15, 0.2) is 21.9 Å². The number of aromatic amines is 1. The summed E-state index contributed by atoms with van der Waals surface area (Å²) in [6, 6.07) is -6.80. The molecule has 33 nitrogen and oxygen atoms in total. The number of carbonyl (C=O) groups is 7. The Morgan fingerprint density at radius 3 is 2.06 bits per heavy atom. The van der Waals surface area contributed by atoms with Gasteiger partial charge in [0.15, 0.2) is 12.5 Å². The summed E-state index contributed by atoms with van der Waals surface area (Å²) in [6.45, 7) is 2.32. The number of H-pyrrole nitrogens is 1. The zero-order chi connectivity index (χ0) is 54.4. The van der Waals surface area contributed by atoms with E-state index in [9.17, 15) is 87.6 Å². The zero-order valence-electron chi connectivity index (χ0n) is 38.8. The lowest BCUT2D eigenvalue weighted by Gasteiger charge is -2.44. The first-order chi connectivity index (χ1) is 33.5. The van der Waals surface area contributed by atoms with Crippen molar-refractivity contribution in [3.63, 3.8) is 0 Å². The van der Waals surface area contributed by atoms with Crippen LogP contribution < -0.4 is 43.6 Å². The molecule has 0 bridgehead atoms. The Labute approximate surface area is 407 Å². The average molecular weight is 1080 g/mol. The monoisotopic (exact) mass is 1080 g/mol. The fourth-order valence-electron chi connectivity index (χ4n) is 6.83. The molecule has 0 aromatic carbocycles. The van der Waals surface area contributed by atoms with Crippen LogP contribution in [0, 0.1) is 0 Å². The molecule has 5 amide bonds. The standard InChI is InChI=1S/C37H60N8O25P2/c1-15(30(53)43-20(35(58)59)8-9-23(48)42-19(7-5-6-11-38)32(55)40-16(2)34(56)57)39-31(54)17(3)66-29-25(41-18(4)47)36(68-21(13-46)27(29)51)69-72(63,64)70-71(61,62)65-14-22-26(50)28(52)33(67-22)45-12-10-24(49)44-37(45)60/h10,12,15-17,19-22,25-29,33,36,46,50-52H,5-9,11,13-14,38H2,1-4H3,(H,39,54)(H,40,55)(H,41,47)(H,42,48)(H,43,53)(H,56,57)(H,58,59)(H,61,62)(H,63,64)(H,44,49,60). The predicted octanol–water partition coefficient (Wildman–Crippen LogP) is -6.18. The van der Waals surface area contributed by atoms with Crippen LogP contribution >= 0.6 is 15.6 Å². The van der Waals surface area contributed by atoms with Crippen LogP contribution in [0.4, 0.5) is 0 Å². The number of rotatable bonds is 28. The molecule has 2 aliphatic rings. The molecule has 35 heteroatoms. The van der Waals surface area contributed by atoms with Crippen LogP contribution in [0.2, 0.25) is 0 Å². The van der Waals surface area contributed by atoms with Crippen molar-refractivity contribution >= 4 is 57.1 Å². The maximum absolute atomic E-state index is 13.3. The van der Waals surface area contributed by atoms with E-state index in [4.69, 9.17) is 29.6 Å². The molecule has 0 radical (unpaired) electrons. The summed E-state index contributed by atoms with van der Waals surface area (Å²) in [5.41, 5.74) is 3.62. The van der Waals surface area contributed by atoms with E-state index in [1.165, 1.54) is 6.92 Å². The molecule has 3 rings (SSSR count). The van der Waals surface area contributed by atoms with Gasteiger partial charge in [-0.3, -0.25) is 52.2 Å². The normalized spacial score (nSPS) is 26.8. The van der Waals surface area contributed by atoms with Gasteiger partial charge in [0.2, 0.25) is 29.5 Å². The minimum Gasteiger partial charge on any atom is -0.480 e. The van der Waals surface area contributed by atoms with Gasteiger partial charge in [0, 0.05) is 25.6 Å². The Kier molecular flexibility index (Phi) is 23.2. The molecule has 1 aromatic rings. The van der Waals surface area contributed by atoms with Gasteiger partial charge < -0.3 is 87.0 Å². The fraction of sp³-hybridized carbons (Fsp3) is 0.703. The van der Waals surface area contributed by atoms with Crippen LogP contribution in [-0.4, -0.2) is 190 Å². The maximum atomic E-state index is 13.3. The van der Waals surface area contributed by atoms with E-state index in [2.05, 4.69) is 35.4 Å². The van der Waals surface area contributed by atoms with Crippen LogP contribution in [0.1, 0.15) is 66.0 Å². The fourth-order valence-corrected chi connectivity index (χ4v) is 9.00. The first-order valence-corrected chi connectivity index (χ1v) is 24.8. The van der Waals surface area contributed by atoms with Crippen LogP contribution in [0.25, 0.3) is 0 Å². The third-order valence-corrected chi connectivity index (χ3v) is 13.2. The van der Waals surface area contributed by atoms with Gasteiger partial charge in [-0.05, 0) is 53.0 Å². The topological polar surface area (TPSA) is 512 Å². The molecule has 408 valence electrons. The highest BCUT2D eigenvalue weighted by molar-refractivity contribution is 7.61. The number of nitrogens with zero attached hydrogens (tertiary/aromatic N) is 1. The van der Waals surface area contributed by atoms with E-state index >= 15 is 0 Å². The molecule has 72 heavy (non-hydrogen) atoms. The number of phosphoric acid groups is 2. The van der Waals surface area contributed by atoms with Crippen LogP contribution in [0.5, 0.6) is 0 Å². The van der Waals surface area contributed by atoms with E-state index in [-0.39, 0.29) is 13.0 Å². The van der Waals surface area contributed by atoms with E-state index in [1.807, 2.05) is 4.98 Å². The molecular formula is C37H60N8O25P2. The number of unbranched alkanes of at least 4 members (excludes halogenated alkanes) is 1. The van der Waals surface area contributed by atoms with Crippen molar-refractivity contribution in [3.05, 3.63) is 33.1 Å². The quantitative estimate of drug-likeness (QED) is 0.0274. The molecule has 16 N–H and O–H groups in total. The lowest BCUT2D eigenvalue weighted by molar-refractivity contribution is -0.261. The molecule has 2 aliphatic heterocycles. The summed E-state index contributed by atoms with van der Waals surface area (Å²) in [4.78, 5) is 134. The van der Waals surface area contributed by atoms with E-state index in [0.717, 1.165) is 33.0 Å². The Balaban J connectivity index is 1.66. The molecular weight excluding hydrogens is 1020 g/mol. The number of nitrogens with two attached hydrogens (primary N) is 1. The van der Waals surface area contributed by atoms with Gasteiger partial charge in [0.05, 0.1) is 13.2 Å². The Bertz CT molecular complexity index is 2300. The number of aromatic nitrogens is 2. The van der Waals surface area contributed by atoms with E-state index in [0.29, 0.717) is 17.4 Å². The second-order valence-corrected chi connectivity index (χ2v) is 19.3. The molecule has 16 atom stereocenters. The SMILES string of the molecule is CC(=O)NC1C(OP(=O)(O)OP(=O)(O)OCC2OC(n3ccc(=O)[nH]c3=O)C(O)C2O)OC(CO)C(O)C1OC(C)C(=O)NC(C)C(=O)NC(CCC(=O)NC(CCCCN)C(=O)NC(C)C(=O)O)C(=O)O. The molecule has 16 unspecified atom stereocenters. The van der Waals surface area contributed by atoms with Gasteiger partial charge in [0.25, 0.3) is 5.56 Å². The third-order valence-electron chi connectivity index (χ3n) is 10.6. The molecule has 0 spiro atoms. The van der Waals surface area contributed by atoms with Crippen molar-refractivity contribution in [1.29, 1.82) is 0 Å². The van der Waals surface area contributed by atoms with Crippen molar-refractivity contribution in [2.75, 3.05) is 19.8 Å². The maximum Gasteiger partial charge on any atom is 0.483 e. The van der Waals surface area contributed by atoms with Gasteiger partial charge in [-0.15, -0.1) is 0 Å². The molecule has 2 saturated heterocycles. The average Bonchev–Trinajstić information content (AvgIpc) is 3.56. The van der Waals surface area contributed by atoms with Gasteiger partial charge >= 0.3 is 33.3 Å². The van der Waals surface area contributed by atoms with Gasteiger partial charge in [-0.1, -0.05) is 0 Å². The number of carboxylic acid groups (broad SMARTS) is 2. The zero-order valence-corrected chi connectivity index (χ0v) is 40.6. The van der Waals surface area contributed by atoms with Crippen molar-refractivity contribution in [2.45, 2.75) is 145 Å². The Morgan fingerprint density at radius 1 is 0.819 bits per heavy atom. The van der Waals surface area contributed by atoms with Gasteiger partial charge in [0.1, 0.15) is 72.9 Å². The minimum absolute atomic E-state index is 0.0681. The number of carbonyl (C=O) groups excluding carboxylic acids is 5. The number of amides is 5. The number of aliphatic hydroxyl groups is 4. The largest absolute Gasteiger partial charge is 0.483 e. The van der Waals surface area contributed by atoms with Crippen molar-refractivity contribution in [3.8, 4) is 0 Å². The van der Waals surface area contributed by atoms with Crippen LogP contribution in [0.3, 0.4) is 0 Å². The summed E-state index contributed by atoms with van der Waals surface area (Å²) in [6.07, 6.45) is -16.2. The second-order valence-electron chi connectivity index (χ2n) is 16.3. The lowest BCUT2D eigenvalue weighted by atomic mass is 9.96. The van der Waals surface area contributed by atoms with Gasteiger partial charge in [-0.2, -0.15) is 4.31 Å². The first kappa shape index (κ1) is 61.2. The van der Waals surface area contributed by atoms with E-state index < -0.39 is 180 Å². The number of aliphatic carboxylic acids is 2. The number of hydrogen-bond donors (Lipinski definition) is 15. The van der Waals surface area contributed by atoms with E-state index in [1.54, 1.807) is 0 Å². The Hall–Kier alpha value is -5.09. The van der Waals surface area contributed by atoms with Crippen LogP contribution in [-0.2, 0) is 70.3 Å². The number of hydrogen-bond acceptors (Lipinski definition) is 22. The van der Waals surface area contributed by atoms with Crippen molar-refractivity contribution in [2.24, 2.45) is 5.73 Å². The number of carboxylic acids is 2. The summed E-state index contributed by atoms with van der Waals surface area (Å²) < 4.78 is 56.9.